The van der Waals surface area contributed by atoms with Crippen molar-refractivity contribution in [2.24, 2.45) is 0 Å². The molecule has 116 valence electrons. The number of likely N-dealkylation sites (tertiary alicyclic amines) is 1. The lowest BCUT2D eigenvalue weighted by Gasteiger charge is -2.26. The van der Waals surface area contributed by atoms with Crippen molar-refractivity contribution in [1.29, 1.82) is 0 Å². The predicted octanol–water partition coefficient (Wildman–Crippen LogP) is 0.940. The van der Waals surface area contributed by atoms with Crippen LogP contribution in [0.5, 0.6) is 0 Å². The molecule has 1 N–H and O–H groups in total. The minimum absolute atomic E-state index is 0.0565. The van der Waals surface area contributed by atoms with Gasteiger partial charge in [0.15, 0.2) is 0 Å². The van der Waals surface area contributed by atoms with Gasteiger partial charge in [0.25, 0.3) is 0 Å². The Morgan fingerprint density at radius 3 is 2.71 bits per heavy atom. The largest absolute Gasteiger partial charge is 0.339 e. The molecule has 1 aromatic rings. The van der Waals surface area contributed by atoms with E-state index in [0.717, 1.165) is 6.42 Å². The van der Waals surface area contributed by atoms with Crippen molar-refractivity contribution in [3.63, 3.8) is 0 Å². The van der Waals surface area contributed by atoms with E-state index in [9.17, 15) is 9.59 Å². The Bertz CT molecular complexity index is 533. The van der Waals surface area contributed by atoms with Gasteiger partial charge in [0.05, 0.1) is 12.6 Å². The number of hydrogen-bond acceptors (Lipinski definition) is 6. The smallest absolute Gasteiger partial charge is 0.240 e. The van der Waals surface area contributed by atoms with E-state index in [2.05, 4.69) is 15.5 Å². The third-order valence-electron chi connectivity index (χ3n) is 3.39. The molecule has 1 atom stereocenters. The molecule has 1 amide bonds. The fraction of sp³-hybridized carbons (Fsp3) is 0.714. The second-order valence-corrected chi connectivity index (χ2v) is 6.35. The Hall–Kier alpha value is -1.76. The topological polar surface area (TPSA) is 88.3 Å². The van der Waals surface area contributed by atoms with E-state index < -0.39 is 6.04 Å². The molecule has 1 aliphatic rings. The zero-order valence-corrected chi connectivity index (χ0v) is 13.0. The fourth-order valence-electron chi connectivity index (χ4n) is 2.33. The first-order chi connectivity index (χ1) is 9.78. The van der Waals surface area contributed by atoms with Gasteiger partial charge >= 0.3 is 0 Å². The van der Waals surface area contributed by atoms with Crippen LogP contribution in [-0.2, 0) is 4.79 Å². The summed E-state index contributed by atoms with van der Waals surface area (Å²) >= 11 is 0. The summed E-state index contributed by atoms with van der Waals surface area (Å²) in [5.74, 6) is 0.0963. The van der Waals surface area contributed by atoms with Crippen LogP contribution >= 0.6 is 0 Å². The molecular weight excluding hydrogens is 272 g/mol. The third-order valence-corrected chi connectivity index (χ3v) is 3.39. The van der Waals surface area contributed by atoms with E-state index in [-0.39, 0.29) is 29.6 Å². The van der Waals surface area contributed by atoms with Gasteiger partial charge in [-0.3, -0.25) is 9.59 Å². The van der Waals surface area contributed by atoms with Gasteiger partial charge in [-0.1, -0.05) is 5.16 Å². The quantitative estimate of drug-likeness (QED) is 0.831. The number of Topliss-reactive ketones (excluding diaryl/α,β-unsaturated/α-hetero) is 1. The van der Waals surface area contributed by atoms with E-state index in [1.54, 1.807) is 11.8 Å². The van der Waals surface area contributed by atoms with Crippen molar-refractivity contribution in [2.45, 2.75) is 52.1 Å². The van der Waals surface area contributed by atoms with Gasteiger partial charge in [0.2, 0.25) is 23.4 Å². The lowest BCUT2D eigenvalue weighted by molar-refractivity contribution is -0.130. The molecule has 1 unspecified atom stereocenters. The van der Waals surface area contributed by atoms with Crippen molar-refractivity contribution < 1.29 is 14.1 Å². The molecular formula is C14H22N4O3. The van der Waals surface area contributed by atoms with Crippen LogP contribution < -0.4 is 5.32 Å². The molecule has 1 fully saturated rings. The molecule has 0 aromatic carbocycles. The number of rotatable bonds is 4. The highest BCUT2D eigenvalue weighted by molar-refractivity contribution is 5.99. The van der Waals surface area contributed by atoms with E-state index in [1.807, 2.05) is 20.8 Å². The summed E-state index contributed by atoms with van der Waals surface area (Å²) in [6, 6.07) is -0.476. The van der Waals surface area contributed by atoms with Crippen LogP contribution in [-0.4, -0.2) is 51.4 Å². The molecule has 0 aliphatic carbocycles. The molecule has 1 aromatic heterocycles. The van der Waals surface area contributed by atoms with Crippen molar-refractivity contribution in [2.75, 3.05) is 13.1 Å². The second kappa shape index (κ2) is 5.93. The number of amides is 1. The Morgan fingerprint density at radius 2 is 2.14 bits per heavy atom. The third kappa shape index (κ3) is 3.87. The summed E-state index contributed by atoms with van der Waals surface area (Å²) < 4.78 is 4.84. The molecule has 0 spiro atoms. The van der Waals surface area contributed by atoms with Crippen LogP contribution in [0.25, 0.3) is 0 Å². The summed E-state index contributed by atoms with van der Waals surface area (Å²) in [6.45, 7) is 8.43. The van der Waals surface area contributed by atoms with Crippen molar-refractivity contribution in [3.05, 3.63) is 11.7 Å². The van der Waals surface area contributed by atoms with Gasteiger partial charge in [-0.15, -0.1) is 0 Å². The van der Waals surface area contributed by atoms with Crippen molar-refractivity contribution in [1.82, 2.24) is 20.4 Å². The highest BCUT2D eigenvalue weighted by Crippen LogP contribution is 2.20. The molecule has 21 heavy (non-hydrogen) atoms. The van der Waals surface area contributed by atoms with Gasteiger partial charge < -0.3 is 14.7 Å². The number of carbonyl (C=O) groups is 2. The SMILES string of the molecule is Cc1nc(C(=O)C2CCCN2C(=O)CNC(C)(C)C)no1. The predicted molar refractivity (Wildman–Crippen MR) is 75.9 cm³/mol. The maximum absolute atomic E-state index is 12.4. The first-order valence-corrected chi connectivity index (χ1v) is 7.17. The number of aryl methyl sites for hydroxylation is 1. The molecule has 1 aliphatic heterocycles. The fourth-order valence-corrected chi connectivity index (χ4v) is 2.33. The van der Waals surface area contributed by atoms with Crippen LogP contribution in [0.3, 0.4) is 0 Å². The maximum Gasteiger partial charge on any atom is 0.240 e. The van der Waals surface area contributed by atoms with Crippen LogP contribution in [0.1, 0.15) is 50.1 Å². The average molecular weight is 294 g/mol. The highest BCUT2D eigenvalue weighted by atomic mass is 16.5. The molecule has 7 nitrogen and oxygen atoms in total. The molecule has 2 heterocycles. The van der Waals surface area contributed by atoms with E-state index in [1.165, 1.54) is 0 Å². The Labute approximate surface area is 124 Å². The Kier molecular flexibility index (Phi) is 4.41. The molecule has 0 bridgehead atoms. The first kappa shape index (κ1) is 15.6. The number of aromatic nitrogens is 2. The van der Waals surface area contributed by atoms with E-state index >= 15 is 0 Å². The summed E-state index contributed by atoms with van der Waals surface area (Å²) in [5.41, 5.74) is -0.139. The number of ketones is 1. The van der Waals surface area contributed by atoms with Crippen LogP contribution in [0, 0.1) is 6.92 Å². The molecule has 7 heteroatoms. The van der Waals surface area contributed by atoms with E-state index in [0.29, 0.717) is 18.9 Å². The number of hydrogen-bond donors (Lipinski definition) is 1. The minimum atomic E-state index is -0.476. The number of carbonyl (C=O) groups excluding carboxylic acids is 2. The van der Waals surface area contributed by atoms with Crippen LogP contribution in [0.2, 0.25) is 0 Å². The molecule has 0 radical (unpaired) electrons. The second-order valence-electron chi connectivity index (χ2n) is 6.35. The van der Waals surface area contributed by atoms with Gasteiger partial charge in [0, 0.05) is 19.0 Å². The van der Waals surface area contributed by atoms with Gasteiger partial charge in [-0.2, -0.15) is 4.98 Å². The first-order valence-electron chi connectivity index (χ1n) is 7.17. The molecule has 0 saturated carbocycles. The Balaban J connectivity index is 2.03. The zero-order chi connectivity index (χ0) is 15.6. The monoisotopic (exact) mass is 294 g/mol. The molecule has 1 saturated heterocycles. The van der Waals surface area contributed by atoms with Gasteiger partial charge in [-0.05, 0) is 33.6 Å². The van der Waals surface area contributed by atoms with Gasteiger partial charge in [0.1, 0.15) is 0 Å². The number of nitrogens with zero attached hydrogens (tertiary/aromatic N) is 3. The van der Waals surface area contributed by atoms with Crippen molar-refractivity contribution >= 4 is 11.7 Å². The summed E-state index contributed by atoms with van der Waals surface area (Å²) in [4.78, 5) is 30.2. The zero-order valence-electron chi connectivity index (χ0n) is 13.0. The summed E-state index contributed by atoms with van der Waals surface area (Å²) in [6.07, 6.45) is 1.46. The van der Waals surface area contributed by atoms with Crippen LogP contribution in [0.4, 0.5) is 0 Å². The summed E-state index contributed by atoms with van der Waals surface area (Å²) in [5, 5.41) is 6.80. The molecule has 2 rings (SSSR count). The van der Waals surface area contributed by atoms with Crippen LogP contribution in [0.15, 0.2) is 4.52 Å². The highest BCUT2D eigenvalue weighted by Gasteiger charge is 2.36. The lowest BCUT2D eigenvalue weighted by Crippen LogP contribution is -2.48. The normalized spacial score (nSPS) is 19.0. The van der Waals surface area contributed by atoms with Gasteiger partial charge in [-0.25, -0.2) is 0 Å². The number of nitrogens with one attached hydrogen (secondary N) is 1. The average Bonchev–Trinajstić information content (AvgIpc) is 3.02. The maximum atomic E-state index is 12.4. The summed E-state index contributed by atoms with van der Waals surface area (Å²) in [7, 11) is 0. The Morgan fingerprint density at radius 1 is 1.43 bits per heavy atom. The van der Waals surface area contributed by atoms with E-state index in [4.69, 9.17) is 4.52 Å². The van der Waals surface area contributed by atoms with Crippen molar-refractivity contribution in [3.8, 4) is 0 Å². The standard InChI is InChI=1S/C14H22N4O3/c1-9-16-13(17-21-9)12(20)10-6-5-7-18(10)11(19)8-15-14(2,3)4/h10,15H,5-8H2,1-4H3. The lowest BCUT2D eigenvalue weighted by atomic mass is 10.1. The minimum Gasteiger partial charge on any atom is -0.339 e.